The van der Waals surface area contributed by atoms with Gasteiger partial charge < -0.3 is 4.74 Å². The van der Waals surface area contributed by atoms with Crippen LogP contribution < -0.4 is 4.74 Å². The molecule has 2 aromatic carbocycles. The van der Waals surface area contributed by atoms with Crippen LogP contribution in [-0.4, -0.2) is 5.97 Å². The fourth-order valence-electron chi connectivity index (χ4n) is 6.02. The molecule has 2 aliphatic carbocycles. The van der Waals surface area contributed by atoms with Gasteiger partial charge in [0.15, 0.2) is 0 Å². The summed E-state index contributed by atoms with van der Waals surface area (Å²) in [4.78, 5) is 12.5. The van der Waals surface area contributed by atoms with Crippen molar-refractivity contribution >= 4 is 5.97 Å². The summed E-state index contributed by atoms with van der Waals surface area (Å²) in [7, 11) is 0. The maximum absolute atomic E-state index is 12.5. The number of carbonyl (C=O) groups excluding carboxylic acids is 1. The minimum atomic E-state index is -0.357. The molecule has 2 saturated carbocycles. The van der Waals surface area contributed by atoms with Crippen LogP contribution in [0.1, 0.15) is 105 Å². The van der Waals surface area contributed by atoms with Crippen molar-refractivity contribution in [3.05, 3.63) is 65.2 Å². The van der Waals surface area contributed by atoms with Crippen molar-refractivity contribution in [3.8, 4) is 11.8 Å². The van der Waals surface area contributed by atoms with Crippen molar-refractivity contribution in [3.63, 3.8) is 0 Å². The molecule has 3 heteroatoms. The Bertz CT molecular complexity index is 925. The van der Waals surface area contributed by atoms with Gasteiger partial charge in [-0.15, -0.1) is 0 Å². The lowest BCUT2D eigenvalue weighted by Gasteiger charge is -2.38. The highest BCUT2D eigenvalue weighted by molar-refractivity contribution is 5.91. The zero-order valence-corrected chi connectivity index (χ0v) is 20.0. The first-order valence-corrected chi connectivity index (χ1v) is 13.0. The molecule has 33 heavy (non-hydrogen) atoms. The number of nitrogens with zero attached hydrogens (tertiary/aromatic N) is 1. The molecule has 0 bridgehead atoms. The maximum Gasteiger partial charge on any atom is 0.343 e. The number of benzene rings is 2. The first-order chi connectivity index (χ1) is 16.2. The summed E-state index contributed by atoms with van der Waals surface area (Å²) in [6, 6.07) is 16.7. The Balaban J connectivity index is 1.24. The zero-order chi connectivity index (χ0) is 23.0. The predicted molar refractivity (Wildman–Crippen MR) is 132 cm³/mol. The first kappa shape index (κ1) is 23.6. The third kappa shape index (κ3) is 6.26. The average Bonchev–Trinajstić information content (AvgIpc) is 2.88. The lowest BCUT2D eigenvalue weighted by Crippen LogP contribution is -2.25. The first-order valence-electron chi connectivity index (χ1n) is 13.0. The second kappa shape index (κ2) is 11.5. The van der Waals surface area contributed by atoms with E-state index >= 15 is 0 Å². The van der Waals surface area contributed by atoms with Gasteiger partial charge in [-0.25, -0.2) is 4.79 Å². The number of nitriles is 1. The molecule has 2 aromatic rings. The van der Waals surface area contributed by atoms with Gasteiger partial charge in [0.1, 0.15) is 5.75 Å². The Kier molecular flexibility index (Phi) is 8.21. The summed E-state index contributed by atoms with van der Waals surface area (Å²) in [5, 5.41) is 8.88. The van der Waals surface area contributed by atoms with E-state index in [1.54, 1.807) is 24.3 Å². The molecule has 174 valence electrons. The molecule has 0 aliphatic heterocycles. The van der Waals surface area contributed by atoms with Crippen LogP contribution in [0.3, 0.4) is 0 Å². The third-order valence-corrected chi connectivity index (χ3v) is 8.11. The van der Waals surface area contributed by atoms with E-state index < -0.39 is 0 Å². The van der Waals surface area contributed by atoms with Gasteiger partial charge in [-0.05, 0) is 104 Å². The van der Waals surface area contributed by atoms with Crippen LogP contribution in [0.4, 0.5) is 0 Å². The molecule has 3 nitrogen and oxygen atoms in total. The number of ether oxygens (including phenoxy) is 1. The number of hydrogen-bond acceptors (Lipinski definition) is 3. The summed E-state index contributed by atoms with van der Waals surface area (Å²) in [5.41, 5.74) is 2.47. The number of unbranched alkanes of at least 4 members (excludes halogenated alkanes) is 1. The zero-order valence-electron chi connectivity index (χ0n) is 20.0. The van der Waals surface area contributed by atoms with Crippen molar-refractivity contribution in [2.24, 2.45) is 17.8 Å². The summed E-state index contributed by atoms with van der Waals surface area (Å²) in [5.74, 6) is 3.61. The Hall–Kier alpha value is -2.60. The van der Waals surface area contributed by atoms with Gasteiger partial charge in [0.2, 0.25) is 0 Å². The van der Waals surface area contributed by atoms with E-state index in [9.17, 15) is 4.79 Å². The van der Waals surface area contributed by atoms with Crippen LogP contribution in [0.2, 0.25) is 0 Å². The smallest absolute Gasteiger partial charge is 0.343 e. The largest absolute Gasteiger partial charge is 0.423 e. The van der Waals surface area contributed by atoms with E-state index in [0.717, 1.165) is 17.8 Å². The summed E-state index contributed by atoms with van der Waals surface area (Å²) < 4.78 is 5.45. The maximum atomic E-state index is 12.5. The predicted octanol–water partition coefficient (Wildman–Crippen LogP) is 8.05. The van der Waals surface area contributed by atoms with Crippen molar-refractivity contribution in [1.82, 2.24) is 0 Å². The van der Waals surface area contributed by atoms with E-state index in [0.29, 0.717) is 22.8 Å². The van der Waals surface area contributed by atoms with E-state index in [4.69, 9.17) is 10.00 Å². The van der Waals surface area contributed by atoms with Gasteiger partial charge in [0.05, 0.1) is 17.2 Å². The number of rotatable bonds is 7. The van der Waals surface area contributed by atoms with Gasteiger partial charge in [-0.2, -0.15) is 5.26 Å². The normalized spacial score (nSPS) is 25.2. The van der Waals surface area contributed by atoms with Crippen LogP contribution >= 0.6 is 0 Å². The Morgan fingerprint density at radius 3 is 2.06 bits per heavy atom. The minimum Gasteiger partial charge on any atom is -0.423 e. The van der Waals surface area contributed by atoms with Crippen molar-refractivity contribution in [2.45, 2.75) is 83.5 Å². The molecule has 0 N–H and O–H groups in total. The van der Waals surface area contributed by atoms with Gasteiger partial charge in [0.25, 0.3) is 0 Å². The molecular formula is C30H37NO2. The lowest BCUT2D eigenvalue weighted by atomic mass is 9.68. The van der Waals surface area contributed by atoms with Crippen LogP contribution in [-0.2, 0) is 0 Å². The highest BCUT2D eigenvalue weighted by Gasteiger charge is 2.31. The Labute approximate surface area is 199 Å². The van der Waals surface area contributed by atoms with Gasteiger partial charge >= 0.3 is 5.97 Å². The van der Waals surface area contributed by atoms with E-state index in [2.05, 4.69) is 25.1 Å². The fraction of sp³-hybridized carbons (Fsp3) is 0.533. The Morgan fingerprint density at radius 1 is 0.879 bits per heavy atom. The van der Waals surface area contributed by atoms with Crippen molar-refractivity contribution in [2.75, 3.05) is 0 Å². The van der Waals surface area contributed by atoms with Crippen LogP contribution in [0.25, 0.3) is 0 Å². The standard InChI is InChI=1S/C30H37NO2/c1-2-3-4-22-5-9-24(10-6-22)25-11-13-26(14-12-25)27-15-17-28(18-16-27)30(32)33-29-19-7-23(21-31)8-20-29/h7-8,15-20,22,24-26H,2-6,9-14H2,1H3. The van der Waals surface area contributed by atoms with Crippen LogP contribution in [0.15, 0.2) is 48.5 Å². The molecule has 0 aromatic heterocycles. The molecule has 0 radical (unpaired) electrons. The third-order valence-electron chi connectivity index (χ3n) is 8.11. The molecule has 2 aliphatic rings. The highest BCUT2D eigenvalue weighted by Crippen LogP contribution is 2.44. The van der Waals surface area contributed by atoms with E-state index in [-0.39, 0.29) is 5.97 Å². The van der Waals surface area contributed by atoms with Gasteiger partial charge in [0, 0.05) is 0 Å². The molecule has 0 unspecified atom stereocenters. The second-order valence-electron chi connectivity index (χ2n) is 10.2. The molecule has 0 heterocycles. The summed E-state index contributed by atoms with van der Waals surface area (Å²) in [6.07, 6.45) is 15.3. The molecule has 4 rings (SSSR count). The van der Waals surface area contributed by atoms with Crippen molar-refractivity contribution in [1.29, 1.82) is 5.26 Å². The fourth-order valence-corrected chi connectivity index (χ4v) is 6.02. The monoisotopic (exact) mass is 443 g/mol. The number of esters is 1. The lowest BCUT2D eigenvalue weighted by molar-refractivity contribution is 0.0734. The number of carbonyl (C=O) groups is 1. The summed E-state index contributed by atoms with van der Waals surface area (Å²) >= 11 is 0. The SMILES string of the molecule is CCCCC1CCC(C2CCC(c3ccc(C(=O)Oc4ccc(C#N)cc4)cc3)CC2)CC1. The second-order valence-corrected chi connectivity index (χ2v) is 10.2. The highest BCUT2D eigenvalue weighted by atomic mass is 16.5. The molecule has 0 amide bonds. The molecule has 0 atom stereocenters. The topological polar surface area (TPSA) is 50.1 Å². The van der Waals surface area contributed by atoms with Gasteiger partial charge in [-0.1, -0.05) is 51.2 Å². The molecular weight excluding hydrogens is 406 g/mol. The van der Waals surface area contributed by atoms with E-state index in [1.807, 2.05) is 12.1 Å². The van der Waals surface area contributed by atoms with Crippen LogP contribution in [0, 0.1) is 29.1 Å². The summed E-state index contributed by atoms with van der Waals surface area (Å²) in [6.45, 7) is 2.31. The van der Waals surface area contributed by atoms with Crippen molar-refractivity contribution < 1.29 is 9.53 Å². The Morgan fingerprint density at radius 2 is 1.48 bits per heavy atom. The molecule has 2 fully saturated rings. The van der Waals surface area contributed by atoms with Crippen LogP contribution in [0.5, 0.6) is 5.75 Å². The number of hydrogen-bond donors (Lipinski definition) is 0. The van der Waals surface area contributed by atoms with E-state index in [1.165, 1.54) is 76.2 Å². The average molecular weight is 444 g/mol. The van der Waals surface area contributed by atoms with Gasteiger partial charge in [-0.3, -0.25) is 0 Å². The minimum absolute atomic E-state index is 0.357. The molecule has 0 saturated heterocycles. The quantitative estimate of drug-likeness (QED) is 0.321. The molecule has 0 spiro atoms.